The minimum Gasteiger partial charge on any atom is -0.497 e. The molecule has 1 heterocycles. The monoisotopic (exact) mass is 325 g/mol. The van der Waals surface area contributed by atoms with Gasteiger partial charge in [0, 0.05) is 29.5 Å². The number of nitrogens with one attached hydrogen (secondary N) is 1. The number of rotatable bonds is 5. The normalized spacial score (nSPS) is 10.3. The fraction of sp³-hybridized carbons (Fsp3) is 0.111. The summed E-state index contributed by atoms with van der Waals surface area (Å²) in [4.78, 5) is 8.70. The van der Waals surface area contributed by atoms with Gasteiger partial charge in [-0.2, -0.15) is 0 Å². The van der Waals surface area contributed by atoms with Gasteiger partial charge in [0.15, 0.2) is 0 Å². The highest BCUT2D eigenvalue weighted by Crippen LogP contribution is 2.21. The summed E-state index contributed by atoms with van der Waals surface area (Å²) in [5, 5.41) is 3.92. The van der Waals surface area contributed by atoms with Gasteiger partial charge >= 0.3 is 0 Å². The van der Waals surface area contributed by atoms with Gasteiger partial charge < -0.3 is 10.1 Å². The lowest BCUT2D eigenvalue weighted by molar-refractivity contribution is 0.415. The van der Waals surface area contributed by atoms with Gasteiger partial charge in [-0.15, -0.1) is 0 Å². The Balaban J connectivity index is 1.65. The number of halogens is 1. The van der Waals surface area contributed by atoms with Gasteiger partial charge in [0.2, 0.25) is 5.95 Å². The second kappa shape index (κ2) is 7.11. The summed E-state index contributed by atoms with van der Waals surface area (Å²) in [6, 6.07) is 15.5. The van der Waals surface area contributed by atoms with Crippen molar-refractivity contribution in [2.45, 2.75) is 6.54 Å². The molecular weight excluding hydrogens is 310 g/mol. The molecule has 4 nitrogen and oxygen atoms in total. The maximum atomic E-state index is 5.87. The first-order chi connectivity index (χ1) is 11.2. The molecule has 5 heteroatoms. The Kier molecular flexibility index (Phi) is 4.74. The van der Waals surface area contributed by atoms with Crippen LogP contribution in [0.4, 0.5) is 5.95 Å². The van der Waals surface area contributed by atoms with Crippen LogP contribution in [-0.4, -0.2) is 17.1 Å². The highest BCUT2D eigenvalue weighted by Gasteiger charge is 2.01. The summed E-state index contributed by atoms with van der Waals surface area (Å²) in [5.41, 5.74) is 3.14. The van der Waals surface area contributed by atoms with Crippen LogP contribution < -0.4 is 10.1 Å². The Morgan fingerprint density at radius 3 is 2.17 bits per heavy atom. The van der Waals surface area contributed by atoms with Crippen molar-refractivity contribution in [2.24, 2.45) is 0 Å². The Morgan fingerprint density at radius 2 is 1.57 bits per heavy atom. The third-order valence-electron chi connectivity index (χ3n) is 3.44. The van der Waals surface area contributed by atoms with Crippen molar-refractivity contribution in [1.29, 1.82) is 0 Å². The molecule has 3 rings (SSSR count). The Bertz CT molecular complexity index is 756. The summed E-state index contributed by atoms with van der Waals surface area (Å²) >= 11 is 5.87. The zero-order valence-electron chi connectivity index (χ0n) is 12.7. The number of aromatic nitrogens is 2. The minimum absolute atomic E-state index is 0.595. The average molecular weight is 326 g/mol. The van der Waals surface area contributed by atoms with E-state index < -0.39 is 0 Å². The molecule has 116 valence electrons. The topological polar surface area (TPSA) is 47.0 Å². The van der Waals surface area contributed by atoms with Crippen LogP contribution in [0.3, 0.4) is 0 Å². The SMILES string of the molecule is COc1ccc(-c2cnc(NCc3ccc(Cl)cc3)nc2)cc1. The van der Waals surface area contributed by atoms with E-state index in [0.717, 1.165) is 27.5 Å². The second-order valence-electron chi connectivity index (χ2n) is 5.00. The number of hydrogen-bond donors (Lipinski definition) is 1. The van der Waals surface area contributed by atoms with Crippen molar-refractivity contribution < 1.29 is 4.74 Å². The molecular formula is C18H16ClN3O. The third kappa shape index (κ3) is 3.99. The van der Waals surface area contributed by atoms with Crippen molar-refractivity contribution >= 4 is 17.5 Å². The molecule has 0 atom stereocenters. The molecule has 0 amide bonds. The van der Waals surface area contributed by atoms with Crippen LogP contribution in [0.5, 0.6) is 5.75 Å². The summed E-state index contributed by atoms with van der Waals surface area (Å²) < 4.78 is 5.16. The first kappa shape index (κ1) is 15.3. The predicted octanol–water partition coefficient (Wildman–Crippen LogP) is 4.42. The summed E-state index contributed by atoms with van der Waals surface area (Å²) in [6.45, 7) is 0.652. The van der Waals surface area contributed by atoms with Gasteiger partial charge in [0.1, 0.15) is 5.75 Å². The third-order valence-corrected chi connectivity index (χ3v) is 3.69. The molecule has 1 N–H and O–H groups in total. The number of methoxy groups -OCH3 is 1. The van der Waals surface area contributed by atoms with Gasteiger partial charge in [-0.1, -0.05) is 35.9 Å². The van der Waals surface area contributed by atoms with Crippen molar-refractivity contribution in [3.63, 3.8) is 0 Å². The number of ether oxygens (including phenoxy) is 1. The quantitative estimate of drug-likeness (QED) is 0.754. The summed E-state index contributed by atoms with van der Waals surface area (Å²) in [5.74, 6) is 1.42. The molecule has 0 aliphatic rings. The lowest BCUT2D eigenvalue weighted by Crippen LogP contribution is -2.03. The maximum absolute atomic E-state index is 5.87. The fourth-order valence-electron chi connectivity index (χ4n) is 2.14. The van der Waals surface area contributed by atoms with Crippen LogP contribution in [0, 0.1) is 0 Å². The smallest absolute Gasteiger partial charge is 0.222 e. The van der Waals surface area contributed by atoms with E-state index in [-0.39, 0.29) is 0 Å². The number of anilines is 1. The summed E-state index contributed by atoms with van der Waals surface area (Å²) in [6.07, 6.45) is 3.61. The molecule has 3 aromatic rings. The van der Waals surface area contributed by atoms with Gasteiger partial charge in [-0.25, -0.2) is 9.97 Å². The molecule has 0 aliphatic carbocycles. The lowest BCUT2D eigenvalue weighted by Gasteiger charge is -2.07. The van der Waals surface area contributed by atoms with E-state index in [4.69, 9.17) is 16.3 Å². The van der Waals surface area contributed by atoms with E-state index in [1.807, 2.05) is 48.5 Å². The van der Waals surface area contributed by atoms with Crippen molar-refractivity contribution in [3.05, 3.63) is 71.5 Å². The van der Waals surface area contributed by atoms with Crippen LogP contribution in [0.2, 0.25) is 5.02 Å². The predicted molar refractivity (Wildman–Crippen MR) is 92.8 cm³/mol. The molecule has 1 aromatic heterocycles. The molecule has 0 unspecified atom stereocenters. The second-order valence-corrected chi connectivity index (χ2v) is 5.44. The number of benzene rings is 2. The molecule has 0 spiro atoms. The first-order valence-electron chi connectivity index (χ1n) is 7.19. The van der Waals surface area contributed by atoms with Gasteiger partial charge in [-0.3, -0.25) is 0 Å². The highest BCUT2D eigenvalue weighted by atomic mass is 35.5. The van der Waals surface area contributed by atoms with Crippen molar-refractivity contribution in [2.75, 3.05) is 12.4 Å². The standard InChI is InChI=1S/C18H16ClN3O/c1-23-17-8-4-14(5-9-17)15-11-21-18(22-12-15)20-10-13-2-6-16(19)7-3-13/h2-9,11-12H,10H2,1H3,(H,20,21,22). The molecule has 2 aromatic carbocycles. The van der Waals surface area contributed by atoms with E-state index >= 15 is 0 Å². The molecule has 0 saturated carbocycles. The van der Waals surface area contributed by atoms with E-state index in [9.17, 15) is 0 Å². The van der Waals surface area contributed by atoms with Crippen LogP contribution in [0.1, 0.15) is 5.56 Å². The fourth-order valence-corrected chi connectivity index (χ4v) is 2.26. The van der Waals surface area contributed by atoms with E-state index in [1.165, 1.54) is 0 Å². The lowest BCUT2D eigenvalue weighted by atomic mass is 10.1. The Labute approximate surface area is 140 Å². The molecule has 23 heavy (non-hydrogen) atoms. The Morgan fingerprint density at radius 1 is 0.913 bits per heavy atom. The van der Waals surface area contributed by atoms with Crippen LogP contribution in [0.25, 0.3) is 11.1 Å². The number of nitrogens with zero attached hydrogens (tertiary/aromatic N) is 2. The van der Waals surface area contributed by atoms with E-state index in [0.29, 0.717) is 12.5 Å². The number of hydrogen-bond acceptors (Lipinski definition) is 4. The largest absolute Gasteiger partial charge is 0.497 e. The first-order valence-corrected chi connectivity index (χ1v) is 7.57. The van der Waals surface area contributed by atoms with Crippen molar-refractivity contribution in [1.82, 2.24) is 9.97 Å². The highest BCUT2D eigenvalue weighted by molar-refractivity contribution is 6.30. The molecule has 0 saturated heterocycles. The average Bonchev–Trinajstić information content (AvgIpc) is 2.62. The van der Waals surface area contributed by atoms with Crippen molar-refractivity contribution in [3.8, 4) is 16.9 Å². The van der Waals surface area contributed by atoms with Gasteiger partial charge in [0.25, 0.3) is 0 Å². The zero-order chi connectivity index (χ0) is 16.1. The molecule has 0 aliphatic heterocycles. The van der Waals surface area contributed by atoms with Gasteiger partial charge in [-0.05, 0) is 35.4 Å². The van der Waals surface area contributed by atoms with E-state index in [2.05, 4.69) is 15.3 Å². The molecule has 0 bridgehead atoms. The summed E-state index contributed by atoms with van der Waals surface area (Å²) in [7, 11) is 1.65. The van der Waals surface area contributed by atoms with Crippen LogP contribution >= 0.6 is 11.6 Å². The minimum atomic E-state index is 0.595. The van der Waals surface area contributed by atoms with E-state index in [1.54, 1.807) is 19.5 Å². The molecule has 0 fully saturated rings. The maximum Gasteiger partial charge on any atom is 0.222 e. The van der Waals surface area contributed by atoms with Gasteiger partial charge in [0.05, 0.1) is 7.11 Å². The Hall–Kier alpha value is -2.59. The van der Waals surface area contributed by atoms with Crippen LogP contribution in [0.15, 0.2) is 60.9 Å². The molecule has 0 radical (unpaired) electrons. The van der Waals surface area contributed by atoms with Crippen LogP contribution in [-0.2, 0) is 6.54 Å². The zero-order valence-corrected chi connectivity index (χ0v) is 13.4.